The summed E-state index contributed by atoms with van der Waals surface area (Å²) in [4.78, 5) is 47.6. The molecule has 2 aromatic rings. The highest BCUT2D eigenvalue weighted by molar-refractivity contribution is 5.93. The first-order chi connectivity index (χ1) is 14.8. The van der Waals surface area contributed by atoms with Crippen LogP contribution in [0.15, 0.2) is 60.7 Å². The molecular weight excluding hydrogens is 404 g/mol. The number of carbonyl (C=O) groups is 4. The molecule has 0 saturated carbocycles. The summed E-state index contributed by atoms with van der Waals surface area (Å²) in [5, 5.41) is 4.55. The van der Waals surface area contributed by atoms with Gasteiger partial charge in [0.1, 0.15) is 25.3 Å². The highest BCUT2D eigenvalue weighted by Crippen LogP contribution is 2.03. The molecule has 0 bridgehead atoms. The number of hydrogen-bond acceptors (Lipinski definition) is 7. The number of alkyl carbamates (subject to hydrolysis) is 2. The molecule has 0 fully saturated rings. The molecule has 0 spiro atoms. The van der Waals surface area contributed by atoms with Crippen LogP contribution in [0.3, 0.4) is 0 Å². The van der Waals surface area contributed by atoms with Gasteiger partial charge in [0, 0.05) is 0 Å². The summed E-state index contributed by atoms with van der Waals surface area (Å²) in [5.41, 5.74) is 1.56. The second-order valence-electron chi connectivity index (χ2n) is 6.60. The normalized spacial score (nSPS) is 12.1. The number of amides is 2. The van der Waals surface area contributed by atoms with Gasteiger partial charge < -0.3 is 24.8 Å². The van der Waals surface area contributed by atoms with E-state index in [1.165, 1.54) is 13.8 Å². The van der Waals surface area contributed by atoms with E-state index >= 15 is 0 Å². The quantitative estimate of drug-likeness (QED) is 0.377. The van der Waals surface area contributed by atoms with Crippen molar-refractivity contribution in [2.75, 3.05) is 0 Å². The molecule has 31 heavy (non-hydrogen) atoms. The fourth-order valence-corrected chi connectivity index (χ4v) is 2.28. The molecule has 2 unspecified atom stereocenters. The molecule has 2 rings (SSSR count). The summed E-state index contributed by atoms with van der Waals surface area (Å²) >= 11 is 0. The Morgan fingerprint density at radius 2 is 1.03 bits per heavy atom. The largest absolute Gasteiger partial charge is 0.445 e. The van der Waals surface area contributed by atoms with Crippen LogP contribution in [-0.4, -0.2) is 36.2 Å². The van der Waals surface area contributed by atoms with Crippen molar-refractivity contribution < 1.29 is 33.4 Å². The Morgan fingerprint density at radius 1 is 0.677 bits per heavy atom. The van der Waals surface area contributed by atoms with Crippen LogP contribution in [0.2, 0.25) is 0 Å². The van der Waals surface area contributed by atoms with E-state index in [1.807, 2.05) is 12.1 Å². The van der Waals surface area contributed by atoms with Crippen LogP contribution in [0.1, 0.15) is 25.0 Å². The Labute approximate surface area is 179 Å². The van der Waals surface area contributed by atoms with Crippen LogP contribution in [0.5, 0.6) is 0 Å². The smallest absolute Gasteiger partial charge is 0.408 e. The fraction of sp³-hybridized carbons (Fsp3) is 0.273. The topological polar surface area (TPSA) is 120 Å². The molecule has 0 radical (unpaired) electrons. The molecule has 2 N–H and O–H groups in total. The molecule has 2 atom stereocenters. The van der Waals surface area contributed by atoms with E-state index in [0.29, 0.717) is 0 Å². The number of hydrogen-bond donors (Lipinski definition) is 2. The maximum atomic E-state index is 12.0. The number of esters is 2. The van der Waals surface area contributed by atoms with Gasteiger partial charge in [-0.05, 0) is 25.0 Å². The van der Waals surface area contributed by atoms with E-state index in [2.05, 4.69) is 15.4 Å². The molecular formula is C22H24N2O7. The molecule has 2 amide bonds. The van der Waals surface area contributed by atoms with E-state index in [0.717, 1.165) is 11.1 Å². The van der Waals surface area contributed by atoms with Crippen molar-refractivity contribution in [3.8, 4) is 0 Å². The van der Waals surface area contributed by atoms with E-state index in [1.54, 1.807) is 48.5 Å². The molecule has 0 aliphatic heterocycles. The van der Waals surface area contributed by atoms with Gasteiger partial charge in [-0.25, -0.2) is 19.2 Å². The van der Waals surface area contributed by atoms with Gasteiger partial charge in [0.25, 0.3) is 0 Å². The maximum Gasteiger partial charge on any atom is 0.408 e. The third kappa shape index (κ3) is 8.57. The Balaban J connectivity index is 1.69. The van der Waals surface area contributed by atoms with Crippen LogP contribution < -0.4 is 10.6 Å². The molecule has 164 valence electrons. The highest BCUT2D eigenvalue weighted by atomic mass is 16.6. The predicted molar refractivity (Wildman–Crippen MR) is 110 cm³/mol. The third-order valence-corrected chi connectivity index (χ3v) is 4.00. The average molecular weight is 428 g/mol. The number of rotatable bonds is 8. The predicted octanol–water partition coefficient (Wildman–Crippen LogP) is 2.69. The van der Waals surface area contributed by atoms with Crippen molar-refractivity contribution in [1.82, 2.24) is 10.6 Å². The lowest BCUT2D eigenvalue weighted by Crippen LogP contribution is -2.44. The van der Waals surface area contributed by atoms with Crippen molar-refractivity contribution in [2.45, 2.75) is 39.1 Å². The second kappa shape index (κ2) is 12.0. The van der Waals surface area contributed by atoms with Crippen molar-refractivity contribution in [3.63, 3.8) is 0 Å². The van der Waals surface area contributed by atoms with Gasteiger partial charge in [0.2, 0.25) is 0 Å². The van der Waals surface area contributed by atoms with Gasteiger partial charge in [-0.15, -0.1) is 0 Å². The zero-order valence-electron chi connectivity index (χ0n) is 17.2. The Kier molecular flexibility index (Phi) is 9.03. The van der Waals surface area contributed by atoms with Crippen molar-refractivity contribution in [2.24, 2.45) is 0 Å². The molecule has 0 aromatic heterocycles. The lowest BCUT2D eigenvalue weighted by Gasteiger charge is -2.15. The Morgan fingerprint density at radius 3 is 1.39 bits per heavy atom. The minimum atomic E-state index is -1.13. The molecule has 0 saturated heterocycles. The Hall–Kier alpha value is -3.88. The lowest BCUT2D eigenvalue weighted by atomic mass is 10.2. The monoisotopic (exact) mass is 428 g/mol. The SMILES string of the molecule is CC(NC(=O)OCc1ccccc1)C(=O)OC(=O)C(C)NC(=O)OCc1ccccc1. The molecule has 9 nitrogen and oxygen atoms in total. The van der Waals surface area contributed by atoms with Crippen LogP contribution in [0, 0.1) is 0 Å². The minimum absolute atomic E-state index is 0.0272. The van der Waals surface area contributed by atoms with E-state index < -0.39 is 36.2 Å². The van der Waals surface area contributed by atoms with Gasteiger partial charge in [-0.2, -0.15) is 0 Å². The first-order valence-corrected chi connectivity index (χ1v) is 9.55. The van der Waals surface area contributed by atoms with Crippen molar-refractivity contribution >= 4 is 24.1 Å². The van der Waals surface area contributed by atoms with Gasteiger partial charge in [-0.1, -0.05) is 60.7 Å². The summed E-state index contributed by atoms with van der Waals surface area (Å²) in [5.74, 6) is -1.99. The zero-order chi connectivity index (χ0) is 22.6. The van der Waals surface area contributed by atoms with E-state index in [-0.39, 0.29) is 13.2 Å². The van der Waals surface area contributed by atoms with Crippen LogP contribution in [0.4, 0.5) is 9.59 Å². The summed E-state index contributed by atoms with van der Waals surface area (Å²) in [6, 6.07) is 15.7. The molecule has 9 heteroatoms. The Bertz CT molecular complexity index is 814. The van der Waals surface area contributed by atoms with Crippen LogP contribution >= 0.6 is 0 Å². The van der Waals surface area contributed by atoms with Crippen molar-refractivity contribution in [3.05, 3.63) is 71.8 Å². The van der Waals surface area contributed by atoms with Crippen LogP contribution in [-0.2, 0) is 37.0 Å². The number of carbonyl (C=O) groups excluding carboxylic acids is 4. The molecule has 0 aliphatic rings. The standard InChI is InChI=1S/C22H24N2O7/c1-15(23-21(27)29-13-17-9-5-3-6-10-17)19(25)31-20(26)16(2)24-22(28)30-14-18-11-7-4-8-12-18/h3-12,15-16H,13-14H2,1-2H3,(H,23,27)(H,24,28). The summed E-state index contributed by atoms with van der Waals surface area (Å²) in [6.45, 7) is 2.73. The maximum absolute atomic E-state index is 12.0. The fourth-order valence-electron chi connectivity index (χ4n) is 2.28. The van der Waals surface area contributed by atoms with Crippen LogP contribution in [0.25, 0.3) is 0 Å². The summed E-state index contributed by atoms with van der Waals surface area (Å²) < 4.78 is 14.7. The van der Waals surface area contributed by atoms with Crippen molar-refractivity contribution in [1.29, 1.82) is 0 Å². The summed E-state index contributed by atoms with van der Waals surface area (Å²) in [7, 11) is 0. The average Bonchev–Trinajstić information content (AvgIpc) is 2.77. The zero-order valence-corrected chi connectivity index (χ0v) is 17.2. The van der Waals surface area contributed by atoms with Gasteiger partial charge in [0.05, 0.1) is 0 Å². The highest BCUT2D eigenvalue weighted by Gasteiger charge is 2.25. The molecule has 0 aliphatic carbocycles. The second-order valence-corrected chi connectivity index (χ2v) is 6.60. The molecule has 2 aromatic carbocycles. The van der Waals surface area contributed by atoms with Gasteiger partial charge in [-0.3, -0.25) is 0 Å². The first kappa shape index (κ1) is 23.4. The van der Waals surface area contributed by atoms with E-state index in [9.17, 15) is 19.2 Å². The van der Waals surface area contributed by atoms with Gasteiger partial charge >= 0.3 is 24.1 Å². The van der Waals surface area contributed by atoms with E-state index in [4.69, 9.17) is 9.47 Å². The molecule has 0 heterocycles. The number of nitrogens with one attached hydrogen (secondary N) is 2. The number of benzene rings is 2. The van der Waals surface area contributed by atoms with Gasteiger partial charge in [0.15, 0.2) is 0 Å². The number of ether oxygens (including phenoxy) is 3. The lowest BCUT2D eigenvalue weighted by molar-refractivity contribution is -0.162. The summed E-state index contributed by atoms with van der Waals surface area (Å²) in [6.07, 6.45) is -1.67. The third-order valence-electron chi connectivity index (χ3n) is 4.00. The minimum Gasteiger partial charge on any atom is -0.445 e. The first-order valence-electron chi connectivity index (χ1n) is 9.55.